The van der Waals surface area contributed by atoms with Crippen LogP contribution in [-0.4, -0.2) is 9.55 Å². The fraction of sp³-hybridized carbons (Fsp3) is 0.571. The molecule has 1 aromatic heterocycles. The van der Waals surface area contributed by atoms with E-state index in [1.165, 1.54) is 0 Å². The molecule has 0 N–H and O–H groups in total. The second kappa shape index (κ2) is 2.21. The highest BCUT2D eigenvalue weighted by Crippen LogP contribution is 2.04. The Morgan fingerprint density at radius 1 is 1.67 bits per heavy atom. The summed E-state index contributed by atoms with van der Waals surface area (Å²) in [5, 5.41) is 0. The van der Waals surface area contributed by atoms with Crippen molar-refractivity contribution in [2.75, 3.05) is 0 Å². The predicted molar refractivity (Wildman–Crippen MR) is 36.2 cm³/mol. The largest absolute Gasteiger partial charge is 0.332 e. The van der Waals surface area contributed by atoms with Crippen LogP contribution in [0.4, 0.5) is 0 Å². The lowest BCUT2D eigenvalue weighted by molar-refractivity contribution is 0.582. The summed E-state index contributed by atoms with van der Waals surface area (Å²) >= 11 is 0. The van der Waals surface area contributed by atoms with Crippen LogP contribution >= 0.6 is 0 Å². The monoisotopic (exact) mass is 123 g/mol. The number of rotatable bonds is 1. The van der Waals surface area contributed by atoms with Gasteiger partial charge in [0.25, 0.3) is 0 Å². The maximum Gasteiger partial charge on any atom is 0.109 e. The van der Waals surface area contributed by atoms with Crippen LogP contribution in [0.3, 0.4) is 0 Å². The van der Waals surface area contributed by atoms with Crippen LogP contribution in [0, 0.1) is 13.1 Å². The molecule has 49 valence electrons. The smallest absolute Gasteiger partial charge is 0.109 e. The minimum Gasteiger partial charge on any atom is -0.332 e. The van der Waals surface area contributed by atoms with Crippen LogP contribution in [0.15, 0.2) is 6.20 Å². The third kappa shape index (κ3) is 1.12. The van der Waals surface area contributed by atoms with Gasteiger partial charge >= 0.3 is 0 Å². The highest BCUT2D eigenvalue weighted by atomic mass is 15.1. The highest BCUT2D eigenvalue weighted by Gasteiger charge is 1.98. The number of imidazole rings is 1. The average molecular weight is 123 g/mol. The third-order valence-electron chi connectivity index (χ3n) is 1.35. The summed E-state index contributed by atoms with van der Waals surface area (Å²) in [5.74, 6) is 1.03. The molecule has 0 saturated heterocycles. The van der Waals surface area contributed by atoms with Gasteiger partial charge in [0.1, 0.15) is 12.0 Å². The van der Waals surface area contributed by atoms with Crippen LogP contribution in [0.2, 0.25) is 0 Å². The Kier molecular flexibility index (Phi) is 1.56. The van der Waals surface area contributed by atoms with Crippen molar-refractivity contribution in [1.29, 1.82) is 0 Å². The Balaban J connectivity index is 2.94. The van der Waals surface area contributed by atoms with E-state index in [0.717, 1.165) is 5.82 Å². The van der Waals surface area contributed by atoms with E-state index in [-0.39, 0.29) is 0 Å². The lowest BCUT2D eigenvalue weighted by Crippen LogP contribution is -2.00. The molecule has 1 radical (unpaired) electrons. The molecule has 9 heavy (non-hydrogen) atoms. The van der Waals surface area contributed by atoms with E-state index in [0.29, 0.717) is 6.04 Å². The fourth-order valence-corrected chi connectivity index (χ4v) is 0.858. The molecule has 0 saturated carbocycles. The number of nitrogens with zero attached hydrogens (tertiary/aromatic N) is 2. The molecular weight excluding hydrogens is 112 g/mol. The minimum absolute atomic E-state index is 0.503. The lowest BCUT2D eigenvalue weighted by Gasteiger charge is -2.06. The first-order chi connectivity index (χ1) is 4.22. The van der Waals surface area contributed by atoms with Gasteiger partial charge in [-0.1, -0.05) is 0 Å². The first kappa shape index (κ1) is 6.33. The van der Waals surface area contributed by atoms with Crippen molar-refractivity contribution in [3.05, 3.63) is 18.2 Å². The van der Waals surface area contributed by atoms with Crippen LogP contribution in [0.5, 0.6) is 0 Å². The van der Waals surface area contributed by atoms with Crippen molar-refractivity contribution < 1.29 is 0 Å². The summed E-state index contributed by atoms with van der Waals surface area (Å²) in [6.07, 6.45) is 4.67. The molecule has 0 amide bonds. The lowest BCUT2D eigenvalue weighted by atomic mass is 10.4. The first-order valence-electron chi connectivity index (χ1n) is 3.13. The number of hydrogen-bond donors (Lipinski definition) is 0. The molecule has 1 aromatic rings. The van der Waals surface area contributed by atoms with E-state index in [1.807, 2.05) is 13.1 Å². The molecule has 1 heterocycles. The van der Waals surface area contributed by atoms with E-state index in [4.69, 9.17) is 0 Å². The highest BCUT2D eigenvalue weighted by molar-refractivity contribution is 4.88. The van der Waals surface area contributed by atoms with Gasteiger partial charge in [-0.2, -0.15) is 0 Å². The van der Waals surface area contributed by atoms with Crippen molar-refractivity contribution in [1.82, 2.24) is 9.55 Å². The molecule has 2 nitrogen and oxygen atoms in total. The number of aromatic nitrogens is 2. The fourth-order valence-electron chi connectivity index (χ4n) is 0.858. The molecule has 0 bridgehead atoms. The Bertz CT molecular complexity index is 189. The van der Waals surface area contributed by atoms with E-state index in [2.05, 4.69) is 29.6 Å². The summed E-state index contributed by atoms with van der Waals surface area (Å²) in [5.41, 5.74) is 0. The molecular formula is C7H11N2. The summed E-state index contributed by atoms with van der Waals surface area (Å²) < 4.78 is 2.08. The second-order valence-electron chi connectivity index (χ2n) is 2.42. The molecule has 0 atom stereocenters. The Morgan fingerprint density at radius 2 is 2.33 bits per heavy atom. The van der Waals surface area contributed by atoms with Gasteiger partial charge in [0.05, 0.1) is 0 Å². The third-order valence-corrected chi connectivity index (χ3v) is 1.35. The van der Waals surface area contributed by atoms with E-state index < -0.39 is 0 Å². The summed E-state index contributed by atoms with van der Waals surface area (Å²) in [4.78, 5) is 3.98. The van der Waals surface area contributed by atoms with Gasteiger partial charge in [-0.15, -0.1) is 0 Å². The van der Waals surface area contributed by atoms with Crippen LogP contribution < -0.4 is 0 Å². The standard InChI is InChI=1S/C7H11N2/c1-6(2)9-5-4-8-7(9)3/h5-6H,1-3H3. The van der Waals surface area contributed by atoms with Gasteiger partial charge in [-0.05, 0) is 20.8 Å². The Hall–Kier alpha value is -0.790. The van der Waals surface area contributed by atoms with Crippen LogP contribution in [0.25, 0.3) is 0 Å². The quantitative estimate of drug-likeness (QED) is 0.554. The van der Waals surface area contributed by atoms with Gasteiger partial charge < -0.3 is 4.57 Å². The normalized spacial score (nSPS) is 10.7. The van der Waals surface area contributed by atoms with Gasteiger partial charge in [0, 0.05) is 12.2 Å². The van der Waals surface area contributed by atoms with Crippen molar-refractivity contribution >= 4 is 0 Å². The maximum atomic E-state index is 3.98. The number of aryl methyl sites for hydroxylation is 1. The summed E-state index contributed by atoms with van der Waals surface area (Å²) in [7, 11) is 0. The van der Waals surface area contributed by atoms with Crippen molar-refractivity contribution in [2.24, 2.45) is 0 Å². The SMILES string of the molecule is Cc1n[c]cn1C(C)C. The average Bonchev–Trinajstić information content (AvgIpc) is 2.13. The molecule has 0 spiro atoms. The molecule has 0 fully saturated rings. The van der Waals surface area contributed by atoms with Gasteiger partial charge in [-0.3, -0.25) is 0 Å². The van der Waals surface area contributed by atoms with E-state index in [1.54, 1.807) is 0 Å². The topological polar surface area (TPSA) is 17.8 Å². The molecule has 2 heteroatoms. The Morgan fingerprint density at radius 3 is 2.56 bits per heavy atom. The Labute approximate surface area is 55.5 Å². The predicted octanol–water partition coefficient (Wildman–Crippen LogP) is 1.57. The second-order valence-corrected chi connectivity index (χ2v) is 2.42. The van der Waals surface area contributed by atoms with Crippen molar-refractivity contribution in [2.45, 2.75) is 26.8 Å². The van der Waals surface area contributed by atoms with Crippen molar-refractivity contribution in [3.63, 3.8) is 0 Å². The van der Waals surface area contributed by atoms with Gasteiger partial charge in [0.2, 0.25) is 0 Å². The zero-order valence-corrected chi connectivity index (χ0v) is 6.05. The number of hydrogen-bond acceptors (Lipinski definition) is 1. The van der Waals surface area contributed by atoms with Crippen LogP contribution in [0.1, 0.15) is 25.7 Å². The van der Waals surface area contributed by atoms with Crippen LogP contribution in [-0.2, 0) is 0 Å². The van der Waals surface area contributed by atoms with Crippen molar-refractivity contribution in [3.8, 4) is 0 Å². The zero-order valence-electron chi connectivity index (χ0n) is 6.05. The minimum atomic E-state index is 0.503. The molecule has 0 unspecified atom stereocenters. The van der Waals surface area contributed by atoms with Gasteiger partial charge in [0.15, 0.2) is 0 Å². The zero-order chi connectivity index (χ0) is 6.85. The summed E-state index contributed by atoms with van der Waals surface area (Å²) in [6, 6.07) is 0.503. The summed E-state index contributed by atoms with van der Waals surface area (Å²) in [6.45, 7) is 6.24. The molecule has 0 aliphatic carbocycles. The molecule has 1 rings (SSSR count). The molecule has 0 aliphatic rings. The molecule has 0 aliphatic heterocycles. The van der Waals surface area contributed by atoms with E-state index in [9.17, 15) is 0 Å². The molecule has 0 aromatic carbocycles. The first-order valence-corrected chi connectivity index (χ1v) is 3.13. The van der Waals surface area contributed by atoms with Gasteiger partial charge in [-0.25, -0.2) is 4.98 Å². The van der Waals surface area contributed by atoms with E-state index >= 15 is 0 Å². The maximum absolute atomic E-state index is 3.98.